The van der Waals surface area contributed by atoms with Gasteiger partial charge in [-0.15, -0.1) is 0 Å². The van der Waals surface area contributed by atoms with E-state index in [1.165, 1.54) is 14.0 Å². The van der Waals surface area contributed by atoms with Crippen LogP contribution < -0.4 is 0 Å². The second kappa shape index (κ2) is 10.9. The molecule has 0 heterocycles. The zero-order chi connectivity index (χ0) is 14.7. The van der Waals surface area contributed by atoms with E-state index < -0.39 is 7.82 Å². The summed E-state index contributed by atoms with van der Waals surface area (Å²) in [6.07, 6.45) is 3.07. The van der Waals surface area contributed by atoms with Gasteiger partial charge in [0.25, 0.3) is 0 Å². The second-order valence-corrected chi connectivity index (χ2v) is 7.37. The van der Waals surface area contributed by atoms with Crippen LogP contribution in [0.25, 0.3) is 0 Å². The third-order valence-corrected chi connectivity index (χ3v) is 4.73. The fraction of sp³-hybridized carbons (Fsp3) is 0.917. The maximum Gasteiger partial charge on any atom is 0.474 e. The van der Waals surface area contributed by atoms with Crippen LogP contribution in [0.3, 0.4) is 0 Å². The highest BCUT2D eigenvalue weighted by molar-refractivity contribution is 8.13. The average Bonchev–Trinajstić information content (AvgIpc) is 2.35. The lowest BCUT2D eigenvalue weighted by molar-refractivity contribution is -0.109. The van der Waals surface area contributed by atoms with Crippen molar-refractivity contribution in [2.24, 2.45) is 5.92 Å². The van der Waals surface area contributed by atoms with Crippen molar-refractivity contribution in [2.45, 2.75) is 40.0 Å². The van der Waals surface area contributed by atoms with E-state index in [0.29, 0.717) is 18.3 Å². The molecule has 2 unspecified atom stereocenters. The van der Waals surface area contributed by atoms with Gasteiger partial charge in [-0.2, -0.15) is 0 Å². The summed E-state index contributed by atoms with van der Waals surface area (Å²) in [7, 11) is -2.16. The summed E-state index contributed by atoms with van der Waals surface area (Å²) in [5.74, 6) is 0.974. The number of rotatable bonds is 11. The fourth-order valence-electron chi connectivity index (χ4n) is 1.48. The zero-order valence-electron chi connectivity index (χ0n) is 12.2. The van der Waals surface area contributed by atoms with E-state index in [9.17, 15) is 9.36 Å². The molecule has 0 aromatic heterocycles. The topological polar surface area (TPSA) is 61.8 Å². The molecule has 0 N–H and O–H groups in total. The molecule has 0 saturated carbocycles. The number of hydrogen-bond acceptors (Lipinski definition) is 6. The van der Waals surface area contributed by atoms with Gasteiger partial charge < -0.3 is 0 Å². The molecule has 0 aliphatic carbocycles. The van der Waals surface area contributed by atoms with Crippen molar-refractivity contribution in [2.75, 3.05) is 26.1 Å². The van der Waals surface area contributed by atoms with Crippen LogP contribution in [-0.4, -0.2) is 31.2 Å². The number of hydrogen-bond donors (Lipinski definition) is 0. The lowest BCUT2D eigenvalue weighted by Crippen LogP contribution is -2.05. The number of phosphoric ester groups is 1. The molecular weight excluding hydrogens is 287 g/mol. The van der Waals surface area contributed by atoms with Gasteiger partial charge in [0.1, 0.15) is 0 Å². The Hall–Kier alpha value is 0.130. The van der Waals surface area contributed by atoms with Crippen molar-refractivity contribution in [3.8, 4) is 0 Å². The lowest BCUT2D eigenvalue weighted by Gasteiger charge is -2.17. The molecule has 7 heteroatoms. The first-order valence-electron chi connectivity index (χ1n) is 6.51. The van der Waals surface area contributed by atoms with Gasteiger partial charge in [-0.05, 0) is 12.3 Å². The van der Waals surface area contributed by atoms with Gasteiger partial charge in [0.15, 0.2) is 5.12 Å². The molecule has 0 fully saturated rings. The van der Waals surface area contributed by atoms with Crippen LogP contribution in [0.15, 0.2) is 0 Å². The van der Waals surface area contributed by atoms with Gasteiger partial charge in [0, 0.05) is 19.8 Å². The SMILES string of the molecule is CCCC(C)CCOP(=O)(OC)OCCSC(C)=O. The van der Waals surface area contributed by atoms with Crippen molar-refractivity contribution in [3.63, 3.8) is 0 Å². The summed E-state index contributed by atoms with van der Waals surface area (Å²) < 4.78 is 27.1. The van der Waals surface area contributed by atoms with Crippen LogP contribution in [-0.2, 0) is 22.9 Å². The average molecular weight is 312 g/mol. The van der Waals surface area contributed by atoms with E-state index in [0.717, 1.165) is 31.0 Å². The Labute approximate surface area is 120 Å². The monoisotopic (exact) mass is 312 g/mol. The van der Waals surface area contributed by atoms with Gasteiger partial charge in [-0.3, -0.25) is 18.4 Å². The van der Waals surface area contributed by atoms with Crippen LogP contribution in [0.1, 0.15) is 40.0 Å². The first-order valence-corrected chi connectivity index (χ1v) is 8.96. The predicted molar refractivity (Wildman–Crippen MR) is 78.3 cm³/mol. The number of carbonyl (C=O) groups excluding carboxylic acids is 1. The number of thioether (sulfide) groups is 1. The van der Waals surface area contributed by atoms with Crippen LogP contribution in [0.4, 0.5) is 0 Å². The summed E-state index contributed by atoms with van der Waals surface area (Å²) in [6.45, 7) is 6.26. The van der Waals surface area contributed by atoms with Crippen LogP contribution in [0.2, 0.25) is 0 Å². The van der Waals surface area contributed by atoms with E-state index in [-0.39, 0.29) is 11.7 Å². The smallest absolute Gasteiger partial charge is 0.290 e. The Bertz CT molecular complexity index is 298. The minimum absolute atomic E-state index is 0.00478. The summed E-state index contributed by atoms with van der Waals surface area (Å²) in [4.78, 5) is 10.7. The number of carbonyl (C=O) groups is 1. The molecule has 2 atom stereocenters. The lowest BCUT2D eigenvalue weighted by atomic mass is 10.0. The van der Waals surface area contributed by atoms with E-state index in [2.05, 4.69) is 13.8 Å². The van der Waals surface area contributed by atoms with Crippen molar-refractivity contribution < 1.29 is 22.9 Å². The molecule has 0 saturated heterocycles. The Morgan fingerprint density at radius 1 is 1.26 bits per heavy atom. The third-order valence-electron chi connectivity index (χ3n) is 2.50. The van der Waals surface area contributed by atoms with Gasteiger partial charge in [-0.25, -0.2) is 4.57 Å². The highest BCUT2D eigenvalue weighted by Crippen LogP contribution is 2.48. The normalized spacial score (nSPS) is 16.0. The second-order valence-electron chi connectivity index (χ2n) is 4.32. The molecule has 0 aliphatic heterocycles. The minimum atomic E-state index is -3.46. The van der Waals surface area contributed by atoms with E-state index >= 15 is 0 Å². The molecule has 0 spiro atoms. The molecule has 0 aromatic carbocycles. The predicted octanol–water partition coefficient (Wildman–Crippen LogP) is 3.88. The zero-order valence-corrected chi connectivity index (χ0v) is 13.9. The highest BCUT2D eigenvalue weighted by Gasteiger charge is 2.24. The van der Waals surface area contributed by atoms with Gasteiger partial charge in [0.2, 0.25) is 0 Å². The molecule has 0 bridgehead atoms. The molecule has 0 radical (unpaired) electrons. The minimum Gasteiger partial charge on any atom is -0.290 e. The maximum absolute atomic E-state index is 12.0. The van der Waals surface area contributed by atoms with Crippen LogP contribution >= 0.6 is 19.6 Å². The molecule has 0 rings (SSSR count). The Morgan fingerprint density at radius 3 is 2.42 bits per heavy atom. The first kappa shape index (κ1) is 19.1. The summed E-state index contributed by atoms with van der Waals surface area (Å²) in [6, 6.07) is 0. The quantitative estimate of drug-likeness (QED) is 0.426. The Kier molecular flexibility index (Phi) is 10.9. The molecule has 5 nitrogen and oxygen atoms in total. The first-order chi connectivity index (χ1) is 8.93. The summed E-state index contributed by atoms with van der Waals surface area (Å²) >= 11 is 1.12. The maximum atomic E-state index is 12.0. The standard InChI is InChI=1S/C12H25O5PS/c1-5-6-11(2)7-8-16-18(14,15-4)17-9-10-19-12(3)13/h11H,5-10H2,1-4H3. The van der Waals surface area contributed by atoms with Crippen molar-refractivity contribution in [3.05, 3.63) is 0 Å². The van der Waals surface area contributed by atoms with Gasteiger partial charge in [-0.1, -0.05) is 38.5 Å². The van der Waals surface area contributed by atoms with Gasteiger partial charge >= 0.3 is 7.82 Å². The van der Waals surface area contributed by atoms with Crippen molar-refractivity contribution in [1.82, 2.24) is 0 Å². The molecule has 19 heavy (non-hydrogen) atoms. The number of phosphoric acid groups is 1. The van der Waals surface area contributed by atoms with Gasteiger partial charge in [0.05, 0.1) is 13.2 Å². The highest BCUT2D eigenvalue weighted by atomic mass is 32.2. The van der Waals surface area contributed by atoms with Crippen LogP contribution in [0, 0.1) is 5.92 Å². The molecular formula is C12H25O5PS. The van der Waals surface area contributed by atoms with E-state index in [4.69, 9.17) is 13.6 Å². The Morgan fingerprint density at radius 2 is 1.89 bits per heavy atom. The van der Waals surface area contributed by atoms with E-state index in [1.807, 2.05) is 0 Å². The van der Waals surface area contributed by atoms with Crippen LogP contribution in [0.5, 0.6) is 0 Å². The molecule has 0 amide bonds. The molecule has 0 aliphatic rings. The fourth-order valence-corrected chi connectivity index (χ4v) is 2.99. The van der Waals surface area contributed by atoms with E-state index in [1.54, 1.807) is 0 Å². The largest absolute Gasteiger partial charge is 0.474 e. The summed E-state index contributed by atoms with van der Waals surface area (Å²) in [5.41, 5.74) is 0. The molecule has 114 valence electrons. The Balaban J connectivity index is 3.88. The third kappa shape index (κ3) is 10.6. The summed E-state index contributed by atoms with van der Waals surface area (Å²) in [5, 5.41) is 0.00478. The van der Waals surface area contributed by atoms with Crippen molar-refractivity contribution >= 4 is 24.7 Å². The van der Waals surface area contributed by atoms with Crippen molar-refractivity contribution in [1.29, 1.82) is 0 Å². The molecule has 0 aromatic rings.